The molecule has 4 heteroatoms. The second-order valence-corrected chi connectivity index (χ2v) is 5.21. The van der Waals surface area contributed by atoms with Gasteiger partial charge in [-0.3, -0.25) is 0 Å². The van der Waals surface area contributed by atoms with Crippen LogP contribution >= 0.6 is 15.9 Å². The summed E-state index contributed by atoms with van der Waals surface area (Å²) in [5.74, 6) is -0.210. The van der Waals surface area contributed by atoms with E-state index in [0.717, 1.165) is 31.6 Å². The van der Waals surface area contributed by atoms with Crippen LogP contribution in [0.1, 0.15) is 12.8 Å². The molecular weight excluding hydrogens is 271 g/mol. The zero-order valence-electron chi connectivity index (χ0n) is 9.34. The van der Waals surface area contributed by atoms with Gasteiger partial charge in [0.25, 0.3) is 0 Å². The van der Waals surface area contributed by atoms with E-state index in [1.54, 1.807) is 12.1 Å². The predicted molar refractivity (Wildman–Crippen MR) is 68.2 cm³/mol. The summed E-state index contributed by atoms with van der Waals surface area (Å²) in [6.45, 7) is 2.22. The van der Waals surface area contributed by atoms with E-state index in [0.29, 0.717) is 10.5 Å². The Morgan fingerprint density at radius 3 is 2.69 bits per heavy atom. The van der Waals surface area contributed by atoms with Crippen LogP contribution in [-0.4, -0.2) is 31.1 Å². The van der Waals surface area contributed by atoms with Gasteiger partial charge in [0.1, 0.15) is 5.82 Å². The van der Waals surface area contributed by atoms with Crippen molar-refractivity contribution in [2.24, 2.45) is 0 Å². The van der Waals surface area contributed by atoms with Crippen molar-refractivity contribution in [3.05, 3.63) is 28.5 Å². The molecule has 1 aromatic rings. The summed E-state index contributed by atoms with van der Waals surface area (Å²) in [5.41, 5.74) is 0.871. The number of hydrogen-bond donors (Lipinski definition) is 1. The number of anilines is 1. The van der Waals surface area contributed by atoms with Gasteiger partial charge in [-0.1, -0.05) is 0 Å². The average Bonchev–Trinajstić information content (AvgIpc) is 2.27. The lowest BCUT2D eigenvalue weighted by atomic mass is 10.1. The van der Waals surface area contributed by atoms with Crippen LogP contribution in [0.4, 0.5) is 10.1 Å². The summed E-state index contributed by atoms with van der Waals surface area (Å²) < 4.78 is 13.8. The van der Waals surface area contributed by atoms with Crippen LogP contribution in [0.3, 0.4) is 0 Å². The first-order chi connectivity index (χ1) is 7.65. The molecule has 2 rings (SSSR count). The molecule has 0 spiro atoms. The first kappa shape index (κ1) is 11.9. The molecule has 2 nitrogen and oxygen atoms in total. The second-order valence-electron chi connectivity index (χ2n) is 4.35. The SMILES string of the molecule is CN1CCC(Nc2ccc(Br)c(F)c2)CC1. The van der Waals surface area contributed by atoms with E-state index in [9.17, 15) is 4.39 Å². The van der Waals surface area contributed by atoms with Crippen molar-refractivity contribution >= 4 is 21.6 Å². The standard InChI is InChI=1S/C12H16BrFN2/c1-16-6-4-9(5-7-16)15-10-2-3-11(13)12(14)8-10/h2-3,8-9,15H,4-7H2,1H3. The fraction of sp³-hybridized carbons (Fsp3) is 0.500. The molecule has 1 fully saturated rings. The van der Waals surface area contributed by atoms with E-state index >= 15 is 0 Å². The third kappa shape index (κ3) is 2.95. The molecule has 0 bridgehead atoms. The average molecular weight is 287 g/mol. The Kier molecular flexibility index (Phi) is 3.82. The zero-order chi connectivity index (χ0) is 11.5. The highest BCUT2D eigenvalue weighted by Crippen LogP contribution is 2.21. The molecule has 88 valence electrons. The maximum atomic E-state index is 13.3. The molecular formula is C12H16BrFN2. The van der Waals surface area contributed by atoms with E-state index in [1.807, 2.05) is 6.07 Å². The van der Waals surface area contributed by atoms with Gasteiger partial charge in [0.05, 0.1) is 4.47 Å². The number of nitrogens with zero attached hydrogens (tertiary/aromatic N) is 1. The largest absolute Gasteiger partial charge is 0.382 e. The number of piperidine rings is 1. The topological polar surface area (TPSA) is 15.3 Å². The van der Waals surface area contributed by atoms with Gasteiger partial charge in [0.2, 0.25) is 0 Å². The van der Waals surface area contributed by atoms with Crippen LogP contribution in [-0.2, 0) is 0 Å². The molecule has 1 N–H and O–H groups in total. The normalized spacial score (nSPS) is 18.7. The van der Waals surface area contributed by atoms with Gasteiger partial charge in [-0.05, 0) is 67.1 Å². The Morgan fingerprint density at radius 2 is 2.06 bits per heavy atom. The lowest BCUT2D eigenvalue weighted by molar-refractivity contribution is 0.264. The summed E-state index contributed by atoms with van der Waals surface area (Å²) in [5, 5.41) is 3.38. The third-order valence-corrected chi connectivity index (χ3v) is 3.65. The van der Waals surface area contributed by atoms with Crippen molar-refractivity contribution in [3.8, 4) is 0 Å². The minimum Gasteiger partial charge on any atom is -0.382 e. The molecule has 16 heavy (non-hydrogen) atoms. The zero-order valence-corrected chi connectivity index (χ0v) is 10.9. The Bertz CT molecular complexity index is 362. The number of rotatable bonds is 2. The van der Waals surface area contributed by atoms with Crippen LogP contribution in [0.15, 0.2) is 22.7 Å². The molecule has 0 atom stereocenters. The van der Waals surface area contributed by atoms with Gasteiger partial charge in [-0.15, -0.1) is 0 Å². The Labute approximate surface area is 104 Å². The van der Waals surface area contributed by atoms with Crippen LogP contribution in [0.25, 0.3) is 0 Å². The van der Waals surface area contributed by atoms with Crippen LogP contribution < -0.4 is 5.32 Å². The number of halogens is 2. The van der Waals surface area contributed by atoms with Crippen molar-refractivity contribution in [2.45, 2.75) is 18.9 Å². The van der Waals surface area contributed by atoms with Gasteiger partial charge < -0.3 is 10.2 Å². The molecule has 0 amide bonds. The van der Waals surface area contributed by atoms with Gasteiger partial charge in [-0.2, -0.15) is 0 Å². The van der Waals surface area contributed by atoms with Crippen molar-refractivity contribution in [1.82, 2.24) is 4.90 Å². The van der Waals surface area contributed by atoms with E-state index in [2.05, 4.69) is 33.2 Å². The van der Waals surface area contributed by atoms with Crippen molar-refractivity contribution in [1.29, 1.82) is 0 Å². The molecule has 0 unspecified atom stereocenters. The molecule has 1 aliphatic rings. The smallest absolute Gasteiger partial charge is 0.139 e. The van der Waals surface area contributed by atoms with Crippen LogP contribution in [0, 0.1) is 5.82 Å². The first-order valence-corrected chi connectivity index (χ1v) is 6.34. The van der Waals surface area contributed by atoms with Gasteiger partial charge in [0.15, 0.2) is 0 Å². The van der Waals surface area contributed by atoms with E-state index < -0.39 is 0 Å². The molecule has 1 heterocycles. The summed E-state index contributed by atoms with van der Waals surface area (Å²) in [6.07, 6.45) is 2.24. The molecule has 0 aliphatic carbocycles. The summed E-state index contributed by atoms with van der Waals surface area (Å²) >= 11 is 3.15. The molecule has 1 aliphatic heterocycles. The van der Waals surface area contributed by atoms with Gasteiger partial charge in [0, 0.05) is 11.7 Å². The van der Waals surface area contributed by atoms with Crippen LogP contribution in [0.2, 0.25) is 0 Å². The quantitative estimate of drug-likeness (QED) is 0.899. The highest BCUT2D eigenvalue weighted by molar-refractivity contribution is 9.10. The molecule has 0 aromatic heterocycles. The molecule has 0 radical (unpaired) electrons. The molecule has 1 aromatic carbocycles. The lowest BCUT2D eigenvalue weighted by Gasteiger charge is -2.30. The summed E-state index contributed by atoms with van der Waals surface area (Å²) in [7, 11) is 2.13. The van der Waals surface area contributed by atoms with Crippen molar-refractivity contribution in [2.75, 3.05) is 25.5 Å². The monoisotopic (exact) mass is 286 g/mol. The first-order valence-electron chi connectivity index (χ1n) is 5.55. The highest BCUT2D eigenvalue weighted by atomic mass is 79.9. The van der Waals surface area contributed by atoms with Gasteiger partial charge >= 0.3 is 0 Å². The predicted octanol–water partition coefficient (Wildman–Crippen LogP) is 3.09. The highest BCUT2D eigenvalue weighted by Gasteiger charge is 2.16. The van der Waals surface area contributed by atoms with Gasteiger partial charge in [-0.25, -0.2) is 4.39 Å². The second kappa shape index (κ2) is 5.15. The minimum absolute atomic E-state index is 0.210. The fourth-order valence-corrected chi connectivity index (χ4v) is 2.22. The Hall–Kier alpha value is -0.610. The summed E-state index contributed by atoms with van der Waals surface area (Å²) in [4.78, 5) is 2.32. The number of hydrogen-bond acceptors (Lipinski definition) is 2. The maximum absolute atomic E-state index is 13.3. The molecule has 0 saturated carbocycles. The maximum Gasteiger partial charge on any atom is 0.139 e. The van der Waals surface area contributed by atoms with Crippen molar-refractivity contribution < 1.29 is 4.39 Å². The van der Waals surface area contributed by atoms with E-state index in [4.69, 9.17) is 0 Å². The van der Waals surface area contributed by atoms with E-state index in [-0.39, 0.29) is 5.82 Å². The Balaban J connectivity index is 1.96. The number of benzene rings is 1. The minimum atomic E-state index is -0.210. The number of nitrogens with one attached hydrogen (secondary N) is 1. The van der Waals surface area contributed by atoms with Crippen LogP contribution in [0.5, 0.6) is 0 Å². The van der Waals surface area contributed by atoms with Crippen molar-refractivity contribution in [3.63, 3.8) is 0 Å². The van der Waals surface area contributed by atoms with E-state index in [1.165, 1.54) is 0 Å². The Morgan fingerprint density at radius 1 is 1.38 bits per heavy atom. The summed E-state index contributed by atoms with van der Waals surface area (Å²) in [6, 6.07) is 5.66. The molecule has 1 saturated heterocycles. The third-order valence-electron chi connectivity index (χ3n) is 3.01. The lowest BCUT2D eigenvalue weighted by Crippen LogP contribution is -2.36. The fourth-order valence-electron chi connectivity index (χ4n) is 1.97. The number of likely N-dealkylation sites (tertiary alicyclic amines) is 1.